The van der Waals surface area contributed by atoms with Crippen LogP contribution in [0.25, 0.3) is 0 Å². The molecule has 23 heavy (non-hydrogen) atoms. The monoisotopic (exact) mass is 321 g/mol. The highest BCUT2D eigenvalue weighted by Gasteiger charge is 2.39. The lowest BCUT2D eigenvalue weighted by molar-refractivity contribution is 0.0685. The fourth-order valence-corrected chi connectivity index (χ4v) is 3.67. The average molecular weight is 321 g/mol. The van der Waals surface area contributed by atoms with Gasteiger partial charge in [-0.3, -0.25) is 0 Å². The van der Waals surface area contributed by atoms with Crippen molar-refractivity contribution in [2.45, 2.75) is 51.0 Å². The number of carboxylic acid groups (broad SMARTS) is 1. The molecule has 0 aliphatic carbocycles. The third-order valence-corrected chi connectivity index (χ3v) is 5.07. The van der Waals surface area contributed by atoms with Gasteiger partial charge in [-0.1, -0.05) is 0 Å². The summed E-state index contributed by atoms with van der Waals surface area (Å²) in [6.07, 6.45) is 4.68. The lowest BCUT2D eigenvalue weighted by Gasteiger charge is -2.39. The van der Waals surface area contributed by atoms with Crippen LogP contribution in [0.1, 0.15) is 61.7 Å². The first kappa shape index (κ1) is 15.8. The van der Waals surface area contributed by atoms with Crippen molar-refractivity contribution in [3.8, 4) is 0 Å². The van der Waals surface area contributed by atoms with E-state index in [1.165, 1.54) is 6.39 Å². The van der Waals surface area contributed by atoms with E-state index in [1.807, 2.05) is 9.80 Å². The maximum atomic E-state index is 12.7. The zero-order valence-corrected chi connectivity index (χ0v) is 13.6. The van der Waals surface area contributed by atoms with E-state index in [4.69, 9.17) is 9.52 Å². The van der Waals surface area contributed by atoms with E-state index >= 15 is 0 Å². The number of amides is 2. The molecule has 0 aromatic carbocycles. The molecule has 1 aromatic rings. The van der Waals surface area contributed by atoms with Crippen molar-refractivity contribution in [2.75, 3.05) is 19.6 Å². The maximum Gasteiger partial charge on any atom is 0.358 e. The molecule has 3 heterocycles. The third kappa shape index (κ3) is 2.92. The Morgan fingerprint density at radius 3 is 2.57 bits per heavy atom. The molecule has 7 heteroatoms. The number of likely N-dealkylation sites (tertiary alicyclic amines) is 2. The number of carbonyl (C=O) groups excluding carboxylic acids is 1. The Morgan fingerprint density at radius 1 is 1.30 bits per heavy atom. The van der Waals surface area contributed by atoms with Crippen molar-refractivity contribution in [2.24, 2.45) is 0 Å². The summed E-state index contributed by atoms with van der Waals surface area (Å²) >= 11 is 0. The van der Waals surface area contributed by atoms with Crippen molar-refractivity contribution in [1.29, 1.82) is 0 Å². The molecule has 2 fully saturated rings. The summed E-state index contributed by atoms with van der Waals surface area (Å²) in [6, 6.07) is 0.0991. The molecule has 0 spiro atoms. The fourth-order valence-electron chi connectivity index (χ4n) is 3.67. The van der Waals surface area contributed by atoms with Crippen LogP contribution >= 0.6 is 0 Å². The Morgan fingerprint density at radius 2 is 2.00 bits per heavy atom. The molecule has 0 atom stereocenters. The van der Waals surface area contributed by atoms with Gasteiger partial charge in [0.2, 0.25) is 0 Å². The molecular weight excluding hydrogens is 298 g/mol. The van der Waals surface area contributed by atoms with Crippen LogP contribution in [-0.4, -0.2) is 57.1 Å². The molecule has 1 N–H and O–H groups in total. The summed E-state index contributed by atoms with van der Waals surface area (Å²) in [6.45, 7) is 6.28. The molecule has 0 bridgehead atoms. The van der Waals surface area contributed by atoms with E-state index < -0.39 is 5.97 Å². The van der Waals surface area contributed by atoms with Crippen molar-refractivity contribution < 1.29 is 19.1 Å². The van der Waals surface area contributed by atoms with Crippen LogP contribution < -0.4 is 0 Å². The SMILES string of the molecule is CC1(C)CCCN1C(=O)N1CCC(c2ocnc2C(=O)O)CC1. The maximum absolute atomic E-state index is 12.7. The molecule has 0 saturated carbocycles. The molecule has 2 aliphatic heterocycles. The minimum atomic E-state index is -1.06. The summed E-state index contributed by atoms with van der Waals surface area (Å²) < 4.78 is 5.29. The number of aromatic carboxylic acids is 1. The quantitative estimate of drug-likeness (QED) is 0.904. The number of hydrogen-bond donors (Lipinski definition) is 1. The summed E-state index contributed by atoms with van der Waals surface area (Å²) in [5.41, 5.74) is -0.0783. The Bertz CT molecular complexity index is 602. The Labute approximate surface area is 135 Å². The third-order valence-electron chi connectivity index (χ3n) is 5.07. The van der Waals surface area contributed by atoms with Crippen molar-refractivity contribution >= 4 is 12.0 Å². The van der Waals surface area contributed by atoms with Gasteiger partial charge in [-0.05, 0) is 39.5 Å². The summed E-state index contributed by atoms with van der Waals surface area (Å²) in [7, 11) is 0. The summed E-state index contributed by atoms with van der Waals surface area (Å²) in [5, 5.41) is 9.13. The fraction of sp³-hybridized carbons (Fsp3) is 0.688. The van der Waals surface area contributed by atoms with E-state index in [0.717, 1.165) is 19.4 Å². The van der Waals surface area contributed by atoms with Crippen molar-refractivity contribution in [3.63, 3.8) is 0 Å². The Balaban J connectivity index is 1.63. The lowest BCUT2D eigenvalue weighted by Crippen LogP contribution is -2.51. The standard InChI is InChI=1S/C16H23N3O4/c1-16(2)6-3-7-19(16)15(22)18-8-4-11(5-9-18)13-12(14(20)21)17-10-23-13/h10-11H,3-9H2,1-2H3,(H,20,21). The van der Waals surface area contributed by atoms with Gasteiger partial charge >= 0.3 is 12.0 Å². The number of nitrogens with zero attached hydrogens (tertiary/aromatic N) is 3. The Kier molecular flexibility index (Phi) is 4.04. The number of carboxylic acids is 1. The van der Waals surface area contributed by atoms with E-state index in [-0.39, 0.29) is 23.2 Å². The second-order valence-corrected chi connectivity index (χ2v) is 6.98. The Hall–Kier alpha value is -2.05. The van der Waals surface area contributed by atoms with E-state index in [9.17, 15) is 9.59 Å². The van der Waals surface area contributed by atoms with Crippen molar-refractivity contribution in [3.05, 3.63) is 17.8 Å². The highest BCUT2D eigenvalue weighted by atomic mass is 16.4. The van der Waals surface area contributed by atoms with Gasteiger partial charge in [0.05, 0.1) is 0 Å². The van der Waals surface area contributed by atoms with Crippen LogP contribution in [0, 0.1) is 0 Å². The van der Waals surface area contributed by atoms with Gasteiger partial charge in [0.25, 0.3) is 0 Å². The van der Waals surface area contributed by atoms with E-state index in [2.05, 4.69) is 18.8 Å². The summed E-state index contributed by atoms with van der Waals surface area (Å²) in [4.78, 5) is 31.5. The van der Waals surface area contributed by atoms with Gasteiger partial charge in [-0.2, -0.15) is 0 Å². The smallest absolute Gasteiger partial charge is 0.358 e. The zero-order valence-electron chi connectivity index (χ0n) is 13.6. The van der Waals surface area contributed by atoms with Crippen molar-refractivity contribution in [1.82, 2.24) is 14.8 Å². The van der Waals surface area contributed by atoms with E-state index in [0.29, 0.717) is 31.7 Å². The number of aromatic nitrogens is 1. The number of oxazole rings is 1. The molecule has 1 aromatic heterocycles. The van der Waals surface area contributed by atoms with E-state index in [1.54, 1.807) is 0 Å². The molecule has 7 nitrogen and oxygen atoms in total. The molecular formula is C16H23N3O4. The molecule has 0 radical (unpaired) electrons. The topological polar surface area (TPSA) is 86.9 Å². The molecule has 0 unspecified atom stereocenters. The van der Waals surface area contributed by atoms with Gasteiger partial charge in [-0.15, -0.1) is 0 Å². The van der Waals surface area contributed by atoms with Crippen LogP contribution in [0.4, 0.5) is 4.79 Å². The van der Waals surface area contributed by atoms with Crippen LogP contribution in [0.2, 0.25) is 0 Å². The van der Waals surface area contributed by atoms with Crippen LogP contribution in [-0.2, 0) is 0 Å². The first-order chi connectivity index (χ1) is 10.9. The normalized spacial score (nSPS) is 21.7. The first-order valence-electron chi connectivity index (χ1n) is 8.13. The van der Waals surface area contributed by atoms with Gasteiger partial charge in [-0.25, -0.2) is 14.6 Å². The predicted molar refractivity (Wildman–Crippen MR) is 82.4 cm³/mol. The van der Waals surface area contributed by atoms with Gasteiger partial charge in [0.1, 0.15) is 5.76 Å². The highest BCUT2D eigenvalue weighted by Crippen LogP contribution is 2.33. The largest absolute Gasteiger partial charge is 0.476 e. The summed E-state index contributed by atoms with van der Waals surface area (Å²) in [5.74, 6) is -0.614. The molecule has 2 saturated heterocycles. The zero-order chi connectivity index (χ0) is 16.6. The number of urea groups is 1. The second-order valence-electron chi connectivity index (χ2n) is 6.98. The minimum Gasteiger partial charge on any atom is -0.476 e. The first-order valence-corrected chi connectivity index (χ1v) is 8.13. The predicted octanol–water partition coefficient (Wildman–Crippen LogP) is 2.55. The second kappa shape index (κ2) is 5.86. The number of piperidine rings is 1. The van der Waals surface area contributed by atoms with Crippen LogP contribution in [0.3, 0.4) is 0 Å². The number of hydrogen-bond acceptors (Lipinski definition) is 4. The molecule has 2 amide bonds. The molecule has 3 rings (SSSR count). The minimum absolute atomic E-state index is 0.00421. The highest BCUT2D eigenvalue weighted by molar-refractivity contribution is 5.86. The molecule has 2 aliphatic rings. The average Bonchev–Trinajstić information content (AvgIpc) is 3.13. The van der Waals surface area contributed by atoms with Crippen LogP contribution in [0.5, 0.6) is 0 Å². The molecule has 126 valence electrons. The lowest BCUT2D eigenvalue weighted by atomic mass is 9.93. The number of rotatable bonds is 2. The van der Waals surface area contributed by atoms with Gasteiger partial charge < -0.3 is 19.3 Å². The van der Waals surface area contributed by atoms with Gasteiger partial charge in [0, 0.05) is 31.1 Å². The van der Waals surface area contributed by atoms with Gasteiger partial charge in [0.15, 0.2) is 12.1 Å². The van der Waals surface area contributed by atoms with Crippen LogP contribution in [0.15, 0.2) is 10.8 Å². The number of carbonyl (C=O) groups is 2.